The maximum absolute atomic E-state index is 11.6. The molecule has 0 aliphatic rings. The maximum Gasteiger partial charge on any atom is 0.242 e. The molecule has 18 heavy (non-hydrogen) atoms. The highest BCUT2D eigenvalue weighted by Gasteiger charge is 2.15. The van der Waals surface area contributed by atoms with Gasteiger partial charge in [0.15, 0.2) is 0 Å². The summed E-state index contributed by atoms with van der Waals surface area (Å²) in [5.74, 6) is 0.562. The second-order valence-corrected chi connectivity index (χ2v) is 6.21. The SMILES string of the molecule is CCC(C)CNc1ccc(S(=O)(=O)NC)c(N)c1. The number of benzene rings is 1. The Morgan fingerprint density at radius 3 is 2.56 bits per heavy atom. The van der Waals surface area contributed by atoms with E-state index in [1.807, 2.05) is 0 Å². The van der Waals surface area contributed by atoms with Crippen molar-refractivity contribution < 1.29 is 8.42 Å². The molecule has 1 aromatic carbocycles. The molecule has 0 amide bonds. The number of nitrogens with one attached hydrogen (secondary N) is 2. The number of nitrogens with two attached hydrogens (primary N) is 1. The Kier molecular flexibility index (Phi) is 4.98. The minimum absolute atomic E-state index is 0.110. The highest BCUT2D eigenvalue weighted by atomic mass is 32.2. The van der Waals surface area contributed by atoms with E-state index in [4.69, 9.17) is 5.73 Å². The lowest BCUT2D eigenvalue weighted by atomic mass is 10.1. The molecule has 0 saturated carbocycles. The van der Waals surface area contributed by atoms with Gasteiger partial charge in [-0.2, -0.15) is 0 Å². The molecule has 0 radical (unpaired) electrons. The number of nitrogen functional groups attached to an aromatic ring is 1. The quantitative estimate of drug-likeness (QED) is 0.687. The Morgan fingerprint density at radius 2 is 2.06 bits per heavy atom. The normalized spacial score (nSPS) is 13.3. The number of anilines is 2. The second kappa shape index (κ2) is 6.06. The minimum atomic E-state index is -3.48. The lowest BCUT2D eigenvalue weighted by molar-refractivity contribution is 0.588. The molecule has 0 aromatic heterocycles. The molecule has 0 fully saturated rings. The summed E-state index contributed by atoms with van der Waals surface area (Å²) in [5.41, 5.74) is 6.85. The molecular formula is C12H21N3O2S. The zero-order chi connectivity index (χ0) is 13.8. The van der Waals surface area contributed by atoms with E-state index in [0.717, 1.165) is 18.7 Å². The third-order valence-corrected chi connectivity index (χ3v) is 4.41. The zero-order valence-corrected chi connectivity index (χ0v) is 11.8. The van der Waals surface area contributed by atoms with Crippen LogP contribution in [0.3, 0.4) is 0 Å². The van der Waals surface area contributed by atoms with Crippen molar-refractivity contribution in [3.8, 4) is 0 Å². The highest BCUT2D eigenvalue weighted by Crippen LogP contribution is 2.22. The van der Waals surface area contributed by atoms with E-state index in [-0.39, 0.29) is 10.6 Å². The molecule has 5 nitrogen and oxygen atoms in total. The molecule has 0 bridgehead atoms. The van der Waals surface area contributed by atoms with Crippen molar-refractivity contribution in [1.29, 1.82) is 0 Å². The van der Waals surface area contributed by atoms with Gasteiger partial charge in [-0.15, -0.1) is 0 Å². The van der Waals surface area contributed by atoms with Crippen molar-refractivity contribution in [1.82, 2.24) is 4.72 Å². The summed E-state index contributed by atoms with van der Waals surface area (Å²) in [4.78, 5) is 0.110. The Hall–Kier alpha value is -1.27. The van der Waals surface area contributed by atoms with E-state index in [9.17, 15) is 8.42 Å². The first-order valence-electron chi connectivity index (χ1n) is 5.97. The molecule has 0 saturated heterocycles. The molecule has 1 aromatic rings. The van der Waals surface area contributed by atoms with Crippen LogP contribution < -0.4 is 15.8 Å². The molecule has 4 N–H and O–H groups in total. The fourth-order valence-corrected chi connectivity index (χ4v) is 2.29. The largest absolute Gasteiger partial charge is 0.398 e. The number of sulfonamides is 1. The first-order valence-corrected chi connectivity index (χ1v) is 7.46. The first kappa shape index (κ1) is 14.8. The molecule has 0 spiro atoms. The standard InChI is InChI=1S/C12H21N3O2S/c1-4-9(2)8-15-10-5-6-12(11(13)7-10)18(16,17)14-3/h5-7,9,14-15H,4,8,13H2,1-3H3. The molecular weight excluding hydrogens is 250 g/mol. The third kappa shape index (κ3) is 3.61. The Balaban J connectivity index is 2.87. The van der Waals surface area contributed by atoms with Crippen LogP contribution >= 0.6 is 0 Å². The van der Waals surface area contributed by atoms with Crippen molar-refractivity contribution in [2.45, 2.75) is 25.2 Å². The van der Waals surface area contributed by atoms with Gasteiger partial charge >= 0.3 is 0 Å². The average molecular weight is 271 g/mol. The molecule has 0 heterocycles. The van der Waals surface area contributed by atoms with E-state index in [0.29, 0.717) is 5.92 Å². The van der Waals surface area contributed by atoms with E-state index < -0.39 is 10.0 Å². The van der Waals surface area contributed by atoms with E-state index in [1.165, 1.54) is 13.1 Å². The summed E-state index contributed by atoms with van der Waals surface area (Å²) in [6, 6.07) is 4.88. The summed E-state index contributed by atoms with van der Waals surface area (Å²) in [7, 11) is -2.12. The molecule has 1 unspecified atom stereocenters. The van der Waals surface area contributed by atoms with Gasteiger partial charge in [-0.1, -0.05) is 20.3 Å². The van der Waals surface area contributed by atoms with Crippen molar-refractivity contribution in [2.24, 2.45) is 5.92 Å². The van der Waals surface area contributed by atoms with Gasteiger partial charge in [0.25, 0.3) is 0 Å². The monoisotopic (exact) mass is 271 g/mol. The Morgan fingerprint density at radius 1 is 1.39 bits per heavy atom. The van der Waals surface area contributed by atoms with Gasteiger partial charge in [-0.3, -0.25) is 0 Å². The Bertz CT molecular complexity index is 500. The van der Waals surface area contributed by atoms with E-state index >= 15 is 0 Å². The summed E-state index contributed by atoms with van der Waals surface area (Å²) < 4.78 is 25.5. The van der Waals surface area contributed by atoms with Gasteiger partial charge in [0.2, 0.25) is 10.0 Å². The van der Waals surface area contributed by atoms with Gasteiger partial charge in [-0.05, 0) is 31.2 Å². The second-order valence-electron chi connectivity index (χ2n) is 4.35. The van der Waals surface area contributed by atoms with Crippen molar-refractivity contribution in [2.75, 3.05) is 24.6 Å². The van der Waals surface area contributed by atoms with Crippen LogP contribution in [0.4, 0.5) is 11.4 Å². The molecule has 6 heteroatoms. The molecule has 0 aliphatic carbocycles. The van der Waals surface area contributed by atoms with Crippen LogP contribution in [0.2, 0.25) is 0 Å². The topological polar surface area (TPSA) is 84.2 Å². The fraction of sp³-hybridized carbons (Fsp3) is 0.500. The molecule has 0 aliphatic heterocycles. The highest BCUT2D eigenvalue weighted by molar-refractivity contribution is 7.89. The minimum Gasteiger partial charge on any atom is -0.398 e. The molecule has 102 valence electrons. The van der Waals surface area contributed by atoms with Gasteiger partial charge < -0.3 is 11.1 Å². The van der Waals surface area contributed by atoms with Crippen LogP contribution in [0.25, 0.3) is 0 Å². The van der Waals surface area contributed by atoms with Gasteiger partial charge in [-0.25, -0.2) is 13.1 Å². The van der Waals surface area contributed by atoms with Crippen LogP contribution in [0.5, 0.6) is 0 Å². The lowest BCUT2D eigenvalue weighted by Crippen LogP contribution is -2.20. The smallest absolute Gasteiger partial charge is 0.242 e. The van der Waals surface area contributed by atoms with Crippen molar-refractivity contribution >= 4 is 21.4 Å². The maximum atomic E-state index is 11.6. The molecule has 1 atom stereocenters. The van der Waals surface area contributed by atoms with E-state index in [2.05, 4.69) is 23.9 Å². The summed E-state index contributed by atoms with van der Waals surface area (Å²) in [5, 5.41) is 3.24. The summed E-state index contributed by atoms with van der Waals surface area (Å²) in [6.45, 7) is 5.12. The fourth-order valence-electron chi connectivity index (χ4n) is 1.45. The third-order valence-electron chi connectivity index (χ3n) is 2.92. The van der Waals surface area contributed by atoms with Crippen LogP contribution in [-0.2, 0) is 10.0 Å². The predicted octanol–water partition coefficient (Wildman–Crippen LogP) is 1.63. The summed E-state index contributed by atoms with van der Waals surface area (Å²) >= 11 is 0. The van der Waals surface area contributed by atoms with E-state index in [1.54, 1.807) is 12.1 Å². The van der Waals surface area contributed by atoms with Crippen molar-refractivity contribution in [3.05, 3.63) is 18.2 Å². The lowest BCUT2D eigenvalue weighted by Gasteiger charge is -2.13. The zero-order valence-electron chi connectivity index (χ0n) is 11.0. The van der Waals surface area contributed by atoms with Crippen LogP contribution in [-0.4, -0.2) is 22.0 Å². The Labute approximate surface area is 109 Å². The van der Waals surface area contributed by atoms with Gasteiger partial charge in [0.1, 0.15) is 4.90 Å². The summed E-state index contributed by atoms with van der Waals surface area (Å²) in [6.07, 6.45) is 1.09. The number of rotatable bonds is 6. The van der Waals surface area contributed by atoms with Gasteiger partial charge in [0, 0.05) is 12.2 Å². The van der Waals surface area contributed by atoms with Crippen molar-refractivity contribution in [3.63, 3.8) is 0 Å². The van der Waals surface area contributed by atoms with Crippen LogP contribution in [0, 0.1) is 5.92 Å². The van der Waals surface area contributed by atoms with Crippen LogP contribution in [0.1, 0.15) is 20.3 Å². The number of hydrogen-bond donors (Lipinski definition) is 3. The molecule has 1 rings (SSSR count). The van der Waals surface area contributed by atoms with Gasteiger partial charge in [0.05, 0.1) is 5.69 Å². The van der Waals surface area contributed by atoms with Crippen LogP contribution in [0.15, 0.2) is 23.1 Å². The first-order chi connectivity index (χ1) is 8.40. The average Bonchev–Trinajstić information content (AvgIpc) is 2.35. The predicted molar refractivity (Wildman–Crippen MR) is 75.0 cm³/mol. The number of hydrogen-bond acceptors (Lipinski definition) is 4.